The Hall–Kier alpha value is -1.66. The number of carbonyl (C=O) groups excluding carboxylic acids is 1. The van der Waals surface area contributed by atoms with Crippen LogP contribution in [-0.4, -0.2) is 46.9 Å². The molecule has 1 amide bonds. The lowest BCUT2D eigenvalue weighted by Gasteiger charge is -2.34. The van der Waals surface area contributed by atoms with Gasteiger partial charge in [0.05, 0.1) is 11.6 Å². The Morgan fingerprint density at radius 2 is 2.24 bits per heavy atom. The molecule has 3 heterocycles. The highest BCUT2D eigenvalue weighted by Gasteiger charge is 2.29. The Labute approximate surface area is 153 Å². The molecule has 3 rings (SSSR count). The Kier molecular flexibility index (Phi) is 5.91. The molecular formula is C19H27N3O2S. The summed E-state index contributed by atoms with van der Waals surface area (Å²) in [6, 6.07) is 2.03. The number of hydrogen-bond acceptors (Lipinski definition) is 5. The number of amides is 1. The van der Waals surface area contributed by atoms with Crippen LogP contribution in [0.4, 0.5) is 0 Å². The number of nitrogens with zero attached hydrogens (tertiary/aromatic N) is 3. The van der Waals surface area contributed by atoms with Crippen LogP contribution in [0.25, 0.3) is 11.5 Å². The zero-order valence-corrected chi connectivity index (χ0v) is 16.1. The first-order valence-corrected chi connectivity index (χ1v) is 10.1. The first kappa shape index (κ1) is 18.1. The minimum atomic E-state index is 0.109. The van der Waals surface area contributed by atoms with Crippen LogP contribution >= 0.6 is 11.3 Å². The van der Waals surface area contributed by atoms with E-state index in [-0.39, 0.29) is 5.92 Å². The van der Waals surface area contributed by atoms with E-state index in [1.807, 2.05) is 37.1 Å². The zero-order valence-electron chi connectivity index (χ0n) is 15.3. The van der Waals surface area contributed by atoms with Crippen molar-refractivity contribution in [1.82, 2.24) is 14.8 Å². The highest BCUT2D eigenvalue weighted by Crippen LogP contribution is 2.26. The molecule has 1 saturated heterocycles. The van der Waals surface area contributed by atoms with Gasteiger partial charge in [0.25, 0.3) is 0 Å². The lowest BCUT2D eigenvalue weighted by Crippen LogP contribution is -2.44. The number of carbonyl (C=O) groups is 1. The summed E-state index contributed by atoms with van der Waals surface area (Å²) < 4.78 is 5.84. The van der Waals surface area contributed by atoms with Gasteiger partial charge >= 0.3 is 0 Å². The number of aryl methyl sites for hydroxylation is 1. The number of thiophene rings is 1. The van der Waals surface area contributed by atoms with Crippen LogP contribution in [0, 0.1) is 12.8 Å². The molecule has 136 valence electrons. The van der Waals surface area contributed by atoms with E-state index >= 15 is 0 Å². The molecule has 5 nitrogen and oxygen atoms in total. The smallest absolute Gasteiger partial charge is 0.227 e. The number of rotatable bonds is 6. The average Bonchev–Trinajstić information content (AvgIpc) is 3.27. The maximum atomic E-state index is 12.7. The van der Waals surface area contributed by atoms with Crippen molar-refractivity contribution < 1.29 is 9.21 Å². The first-order chi connectivity index (χ1) is 12.1. The molecule has 2 aromatic heterocycles. The van der Waals surface area contributed by atoms with Gasteiger partial charge in [-0.05, 0) is 51.6 Å². The summed E-state index contributed by atoms with van der Waals surface area (Å²) in [4.78, 5) is 21.6. The van der Waals surface area contributed by atoms with Crippen molar-refractivity contribution >= 4 is 17.2 Å². The lowest BCUT2D eigenvalue weighted by atomic mass is 9.96. The van der Waals surface area contributed by atoms with Crippen LogP contribution in [0.15, 0.2) is 21.2 Å². The van der Waals surface area contributed by atoms with E-state index < -0.39 is 0 Å². The van der Waals surface area contributed by atoms with Gasteiger partial charge in [0.1, 0.15) is 5.76 Å². The van der Waals surface area contributed by atoms with Gasteiger partial charge < -0.3 is 9.32 Å². The number of hydrogen-bond donors (Lipinski definition) is 0. The van der Waals surface area contributed by atoms with Crippen LogP contribution in [-0.2, 0) is 11.3 Å². The van der Waals surface area contributed by atoms with E-state index in [0.29, 0.717) is 11.8 Å². The van der Waals surface area contributed by atoms with Gasteiger partial charge in [0.15, 0.2) is 0 Å². The van der Waals surface area contributed by atoms with E-state index in [1.54, 1.807) is 11.3 Å². The molecule has 0 aromatic carbocycles. The van der Waals surface area contributed by atoms with Gasteiger partial charge in [-0.1, -0.05) is 0 Å². The predicted octanol–water partition coefficient (Wildman–Crippen LogP) is 3.79. The Morgan fingerprint density at radius 1 is 1.44 bits per heavy atom. The van der Waals surface area contributed by atoms with Crippen molar-refractivity contribution in [1.29, 1.82) is 0 Å². The third-order valence-electron chi connectivity index (χ3n) is 4.96. The molecule has 25 heavy (non-hydrogen) atoms. The molecule has 0 saturated carbocycles. The van der Waals surface area contributed by atoms with Gasteiger partial charge in [-0.15, -0.1) is 0 Å². The molecular weight excluding hydrogens is 334 g/mol. The lowest BCUT2D eigenvalue weighted by molar-refractivity contribution is -0.137. The number of oxazole rings is 1. The Balaban J connectivity index is 1.66. The maximum absolute atomic E-state index is 12.7. The molecule has 0 N–H and O–H groups in total. The van der Waals surface area contributed by atoms with Gasteiger partial charge in [-0.25, -0.2) is 4.98 Å². The SMILES string of the molecule is CCN(CC)C(=O)[C@H]1CCCN(Cc2nc(-c3ccsc3)oc2C)C1. The molecule has 1 aliphatic rings. The first-order valence-electron chi connectivity index (χ1n) is 9.12. The van der Waals surface area contributed by atoms with Crippen LogP contribution in [0.2, 0.25) is 0 Å². The minimum Gasteiger partial charge on any atom is -0.441 e. The summed E-state index contributed by atoms with van der Waals surface area (Å²) in [7, 11) is 0. The van der Waals surface area contributed by atoms with Gasteiger partial charge in [-0.2, -0.15) is 11.3 Å². The van der Waals surface area contributed by atoms with Crippen LogP contribution in [0.1, 0.15) is 38.1 Å². The molecule has 6 heteroatoms. The van der Waals surface area contributed by atoms with Crippen molar-refractivity contribution in [2.45, 2.75) is 40.2 Å². The highest BCUT2D eigenvalue weighted by molar-refractivity contribution is 7.08. The molecule has 0 spiro atoms. The summed E-state index contributed by atoms with van der Waals surface area (Å²) in [6.07, 6.45) is 2.05. The minimum absolute atomic E-state index is 0.109. The van der Waals surface area contributed by atoms with Crippen LogP contribution in [0.3, 0.4) is 0 Å². The number of likely N-dealkylation sites (tertiary alicyclic amines) is 1. The predicted molar refractivity (Wildman–Crippen MR) is 100 cm³/mol. The number of aromatic nitrogens is 1. The Morgan fingerprint density at radius 3 is 2.92 bits per heavy atom. The fourth-order valence-electron chi connectivity index (χ4n) is 3.49. The topological polar surface area (TPSA) is 49.6 Å². The summed E-state index contributed by atoms with van der Waals surface area (Å²) in [5.41, 5.74) is 2.02. The van der Waals surface area contributed by atoms with E-state index in [4.69, 9.17) is 4.42 Å². The van der Waals surface area contributed by atoms with Crippen molar-refractivity contribution in [3.8, 4) is 11.5 Å². The summed E-state index contributed by atoms with van der Waals surface area (Å²) in [5, 5.41) is 4.08. The third-order valence-corrected chi connectivity index (χ3v) is 5.65. The molecule has 1 atom stereocenters. The Bertz CT molecular complexity index is 692. The second kappa shape index (κ2) is 8.15. The van der Waals surface area contributed by atoms with Crippen LogP contribution < -0.4 is 0 Å². The summed E-state index contributed by atoms with van der Waals surface area (Å²) in [6.45, 7) is 10.2. The van der Waals surface area contributed by atoms with Crippen molar-refractivity contribution in [2.75, 3.05) is 26.2 Å². The van der Waals surface area contributed by atoms with Crippen LogP contribution in [0.5, 0.6) is 0 Å². The van der Waals surface area contributed by atoms with E-state index in [0.717, 1.165) is 62.6 Å². The normalized spacial score (nSPS) is 18.4. The maximum Gasteiger partial charge on any atom is 0.227 e. The van der Waals surface area contributed by atoms with E-state index in [2.05, 4.69) is 15.3 Å². The second-order valence-corrected chi connectivity index (χ2v) is 7.40. The average molecular weight is 362 g/mol. The third kappa shape index (κ3) is 4.12. The molecule has 0 aliphatic carbocycles. The monoisotopic (exact) mass is 361 g/mol. The quantitative estimate of drug-likeness (QED) is 0.785. The molecule has 1 aliphatic heterocycles. The van der Waals surface area contributed by atoms with Gasteiger partial charge in [0.2, 0.25) is 11.8 Å². The largest absolute Gasteiger partial charge is 0.441 e. The zero-order chi connectivity index (χ0) is 17.8. The van der Waals surface area contributed by atoms with Gasteiger partial charge in [-0.3, -0.25) is 9.69 Å². The fourth-order valence-corrected chi connectivity index (χ4v) is 4.12. The van der Waals surface area contributed by atoms with Gasteiger partial charge in [0, 0.05) is 37.1 Å². The molecule has 0 unspecified atom stereocenters. The highest BCUT2D eigenvalue weighted by atomic mass is 32.1. The van der Waals surface area contributed by atoms with Crippen molar-refractivity contribution in [3.05, 3.63) is 28.3 Å². The molecule has 0 radical (unpaired) electrons. The molecule has 0 bridgehead atoms. The van der Waals surface area contributed by atoms with E-state index in [1.165, 1.54) is 0 Å². The molecule has 1 fully saturated rings. The second-order valence-electron chi connectivity index (χ2n) is 6.62. The van der Waals surface area contributed by atoms with Crippen molar-refractivity contribution in [2.24, 2.45) is 5.92 Å². The standard InChI is InChI=1S/C19H27N3O2S/c1-4-22(5-2)19(23)15-7-6-9-21(11-15)12-17-14(3)24-18(20-17)16-8-10-25-13-16/h8,10,13,15H,4-7,9,11-12H2,1-3H3/t15-/m0/s1. The fraction of sp³-hybridized carbons (Fsp3) is 0.579. The summed E-state index contributed by atoms with van der Waals surface area (Å²) in [5.74, 6) is 1.97. The van der Waals surface area contributed by atoms with Crippen molar-refractivity contribution in [3.63, 3.8) is 0 Å². The summed E-state index contributed by atoms with van der Waals surface area (Å²) >= 11 is 1.64. The van der Waals surface area contributed by atoms with E-state index in [9.17, 15) is 4.79 Å². The number of piperidine rings is 1. The molecule has 2 aromatic rings.